The number of carbonyl (C=O) groups excluding carboxylic acids is 1. The number of amides is 1. The van der Waals surface area contributed by atoms with Gasteiger partial charge in [-0.25, -0.2) is 0 Å². The van der Waals surface area contributed by atoms with E-state index in [-0.39, 0.29) is 29.0 Å². The number of anilines is 3. The summed E-state index contributed by atoms with van der Waals surface area (Å²) in [5, 5.41) is 3.26. The lowest BCUT2D eigenvalue weighted by Gasteiger charge is -2.36. The lowest BCUT2D eigenvalue weighted by molar-refractivity contribution is -0.137. The molecule has 0 aromatic heterocycles. The van der Waals surface area contributed by atoms with Gasteiger partial charge in [0.05, 0.1) is 5.56 Å². The average Bonchev–Trinajstić information content (AvgIpc) is 2.89. The van der Waals surface area contributed by atoms with Crippen LogP contribution < -0.4 is 16.0 Å². The second-order valence-electron chi connectivity index (χ2n) is 12.4. The molecule has 1 aliphatic heterocycles. The Morgan fingerprint density at radius 2 is 1.59 bits per heavy atom. The Labute approximate surface area is 230 Å². The minimum Gasteiger partial charge on any atom is -0.398 e. The van der Waals surface area contributed by atoms with E-state index < -0.39 is 11.7 Å². The first-order chi connectivity index (χ1) is 18.3. The summed E-state index contributed by atoms with van der Waals surface area (Å²) in [6.07, 6.45) is 0.879. The fourth-order valence-corrected chi connectivity index (χ4v) is 5.96. The van der Waals surface area contributed by atoms with Crippen molar-refractivity contribution in [1.82, 2.24) is 4.90 Å². The van der Waals surface area contributed by atoms with Crippen LogP contribution in [0.3, 0.4) is 0 Å². The minimum atomic E-state index is -4.47. The Morgan fingerprint density at radius 3 is 2.15 bits per heavy atom. The molecule has 2 aromatic rings. The molecule has 39 heavy (non-hydrogen) atoms. The van der Waals surface area contributed by atoms with Gasteiger partial charge in [0.25, 0.3) is 0 Å². The van der Waals surface area contributed by atoms with Gasteiger partial charge in [-0.3, -0.25) is 4.79 Å². The molecule has 0 unspecified atom stereocenters. The normalized spacial score (nSPS) is 21.1. The Balaban J connectivity index is 1.21. The van der Waals surface area contributed by atoms with Crippen molar-refractivity contribution in [1.29, 1.82) is 0 Å². The van der Waals surface area contributed by atoms with Crippen LogP contribution in [0, 0.1) is 11.8 Å². The molecular weight excluding hydrogens is 501 g/mol. The summed E-state index contributed by atoms with van der Waals surface area (Å²) in [6.45, 7) is 9.16. The number of carbonyl (C=O) groups is 1. The lowest BCUT2D eigenvalue weighted by atomic mass is 9.85. The van der Waals surface area contributed by atoms with Gasteiger partial charge in [0.15, 0.2) is 0 Å². The highest BCUT2D eigenvalue weighted by atomic mass is 19.4. The third-order valence-electron chi connectivity index (χ3n) is 8.43. The van der Waals surface area contributed by atoms with Gasteiger partial charge in [0, 0.05) is 55.7 Å². The zero-order chi connectivity index (χ0) is 28.4. The first-order valence-electron chi connectivity index (χ1n) is 14.1. The van der Waals surface area contributed by atoms with Crippen LogP contribution in [0.4, 0.5) is 30.2 Å². The third-order valence-corrected chi connectivity index (χ3v) is 8.43. The van der Waals surface area contributed by atoms with E-state index in [0.717, 1.165) is 64.2 Å². The Kier molecular flexibility index (Phi) is 8.72. The van der Waals surface area contributed by atoms with Gasteiger partial charge in [-0.1, -0.05) is 32.9 Å². The summed E-state index contributed by atoms with van der Waals surface area (Å²) in [5.74, 6) is 0.710. The zero-order valence-electron chi connectivity index (χ0n) is 23.7. The molecule has 1 aliphatic carbocycles. The fourth-order valence-electron chi connectivity index (χ4n) is 5.96. The highest BCUT2D eigenvalue weighted by Crippen LogP contribution is 2.36. The summed E-state index contributed by atoms with van der Waals surface area (Å²) >= 11 is 0. The first-order valence-corrected chi connectivity index (χ1v) is 14.1. The molecule has 2 fully saturated rings. The molecule has 0 radical (unpaired) electrons. The molecule has 0 spiro atoms. The molecule has 1 amide bonds. The lowest BCUT2D eigenvalue weighted by Crippen LogP contribution is -2.43. The number of nitrogens with one attached hydrogen (secondary N) is 1. The van der Waals surface area contributed by atoms with Crippen LogP contribution in [0.25, 0.3) is 0 Å². The van der Waals surface area contributed by atoms with E-state index in [1.54, 1.807) is 6.07 Å². The maximum absolute atomic E-state index is 13.2. The Morgan fingerprint density at radius 1 is 0.974 bits per heavy atom. The molecule has 2 aromatic carbocycles. The highest BCUT2D eigenvalue weighted by molar-refractivity contribution is 5.79. The molecule has 214 valence electrons. The summed E-state index contributed by atoms with van der Waals surface area (Å²) in [7, 11) is 1.91. The van der Waals surface area contributed by atoms with Gasteiger partial charge >= 0.3 is 6.18 Å². The number of alkyl halides is 3. The molecule has 3 N–H and O–H groups in total. The van der Waals surface area contributed by atoms with Crippen molar-refractivity contribution in [3.63, 3.8) is 0 Å². The summed E-state index contributed by atoms with van der Waals surface area (Å²) in [5.41, 5.74) is 7.59. The first kappa shape index (κ1) is 29.1. The van der Waals surface area contributed by atoms with Gasteiger partial charge in [0.2, 0.25) is 5.91 Å². The largest absolute Gasteiger partial charge is 0.418 e. The number of piperidine rings is 1. The SMILES string of the molecule is CN(CC1CCC(Nc2ccc(N)c(C(F)(F)F)c2)CC1)C(=O)C1CCN(c2ccc(C(C)(C)C)cc2)CC1. The van der Waals surface area contributed by atoms with Crippen molar-refractivity contribution in [2.45, 2.75) is 76.9 Å². The number of nitrogens with two attached hydrogens (primary N) is 1. The molecule has 1 heterocycles. The number of nitrogens with zero attached hydrogens (tertiary/aromatic N) is 2. The summed E-state index contributed by atoms with van der Waals surface area (Å²) in [6, 6.07) is 12.9. The van der Waals surface area contributed by atoms with Crippen molar-refractivity contribution in [3.8, 4) is 0 Å². The smallest absolute Gasteiger partial charge is 0.398 e. The van der Waals surface area contributed by atoms with Crippen molar-refractivity contribution < 1.29 is 18.0 Å². The van der Waals surface area contributed by atoms with E-state index in [0.29, 0.717) is 11.6 Å². The number of nitrogen functional groups attached to an aromatic ring is 1. The Hall–Kier alpha value is -2.90. The Bertz CT molecular complexity index is 1110. The maximum atomic E-state index is 13.2. The summed E-state index contributed by atoms with van der Waals surface area (Å²) in [4.78, 5) is 17.5. The van der Waals surface area contributed by atoms with E-state index in [1.165, 1.54) is 17.3 Å². The van der Waals surface area contributed by atoms with Crippen molar-refractivity contribution in [2.75, 3.05) is 42.6 Å². The summed E-state index contributed by atoms with van der Waals surface area (Å²) < 4.78 is 39.5. The van der Waals surface area contributed by atoms with Gasteiger partial charge in [-0.15, -0.1) is 0 Å². The van der Waals surface area contributed by atoms with E-state index in [1.807, 2.05) is 11.9 Å². The monoisotopic (exact) mass is 544 g/mol. The van der Waals surface area contributed by atoms with Crippen LogP contribution in [0.1, 0.15) is 70.4 Å². The quantitative estimate of drug-likeness (QED) is 0.387. The molecule has 1 saturated carbocycles. The standard InChI is InChI=1S/C31H43F3N4O/c1-30(2,3)23-7-12-26(13-8-23)38-17-15-22(16-18-38)29(39)37(4)20-21-5-9-24(10-6-21)36-25-11-14-28(35)27(19-25)31(32,33)34/h7-8,11-14,19,21-22,24,36H,5-6,9-10,15-18,20,35H2,1-4H3. The predicted molar refractivity (Wildman–Crippen MR) is 153 cm³/mol. The predicted octanol–water partition coefficient (Wildman–Crippen LogP) is 6.93. The van der Waals surface area contributed by atoms with Crippen LogP contribution in [-0.4, -0.2) is 43.5 Å². The number of hydrogen-bond donors (Lipinski definition) is 2. The van der Waals surface area contributed by atoms with Gasteiger partial charge < -0.3 is 20.9 Å². The van der Waals surface area contributed by atoms with Gasteiger partial charge in [0.1, 0.15) is 0 Å². The molecule has 1 saturated heterocycles. The van der Waals surface area contributed by atoms with Crippen molar-refractivity contribution in [3.05, 3.63) is 53.6 Å². The third kappa shape index (κ3) is 7.40. The maximum Gasteiger partial charge on any atom is 0.418 e. The minimum absolute atomic E-state index is 0.0615. The average molecular weight is 545 g/mol. The van der Waals surface area contributed by atoms with Crippen LogP contribution in [0.2, 0.25) is 0 Å². The van der Waals surface area contributed by atoms with Crippen LogP contribution in [0.5, 0.6) is 0 Å². The second kappa shape index (κ2) is 11.7. The highest BCUT2D eigenvalue weighted by Gasteiger charge is 2.34. The van der Waals surface area contributed by atoms with Crippen LogP contribution >= 0.6 is 0 Å². The van der Waals surface area contributed by atoms with E-state index in [9.17, 15) is 18.0 Å². The molecule has 0 bridgehead atoms. The van der Waals surface area contributed by atoms with Gasteiger partial charge in [-0.05, 0) is 85.8 Å². The van der Waals surface area contributed by atoms with Gasteiger partial charge in [-0.2, -0.15) is 13.2 Å². The molecule has 0 atom stereocenters. The van der Waals surface area contributed by atoms with Crippen molar-refractivity contribution in [2.24, 2.45) is 11.8 Å². The molecule has 2 aliphatic rings. The zero-order valence-corrected chi connectivity index (χ0v) is 23.7. The number of rotatable bonds is 6. The molecular formula is C31H43F3N4O. The van der Waals surface area contributed by atoms with Crippen LogP contribution in [-0.2, 0) is 16.4 Å². The van der Waals surface area contributed by atoms with Crippen LogP contribution in [0.15, 0.2) is 42.5 Å². The van der Waals surface area contributed by atoms with E-state index in [2.05, 4.69) is 55.3 Å². The molecule has 5 nitrogen and oxygen atoms in total. The fraction of sp³-hybridized carbons (Fsp3) is 0.581. The number of benzene rings is 2. The second-order valence-corrected chi connectivity index (χ2v) is 12.4. The molecule has 4 rings (SSSR count). The van der Waals surface area contributed by atoms with E-state index in [4.69, 9.17) is 5.73 Å². The number of halogens is 3. The van der Waals surface area contributed by atoms with E-state index >= 15 is 0 Å². The topological polar surface area (TPSA) is 61.6 Å². The van der Waals surface area contributed by atoms with Crippen molar-refractivity contribution >= 4 is 23.0 Å². The molecule has 8 heteroatoms. The number of hydrogen-bond acceptors (Lipinski definition) is 4.